The number of imidazole rings is 1. The number of rotatable bonds is 2. The highest BCUT2D eigenvalue weighted by atomic mass is 19.1. The first-order valence-corrected chi connectivity index (χ1v) is 9.30. The fourth-order valence-corrected chi connectivity index (χ4v) is 3.91. The molecule has 0 saturated carbocycles. The molecule has 5 heteroatoms. The van der Waals surface area contributed by atoms with Crippen LogP contribution in [0, 0.1) is 5.95 Å². The third-order valence-electron chi connectivity index (χ3n) is 5.19. The molecule has 0 aliphatic rings. The van der Waals surface area contributed by atoms with Gasteiger partial charge in [-0.25, -0.2) is 9.97 Å². The van der Waals surface area contributed by atoms with Crippen molar-refractivity contribution < 1.29 is 8.81 Å². The number of hydrogen-bond donors (Lipinski definition) is 0. The zero-order valence-corrected chi connectivity index (χ0v) is 15.2. The van der Waals surface area contributed by atoms with Gasteiger partial charge in [-0.3, -0.25) is 4.57 Å². The number of fused-ring (bicyclic) bond motifs is 4. The van der Waals surface area contributed by atoms with Gasteiger partial charge in [-0.15, -0.1) is 0 Å². The average Bonchev–Trinajstić information content (AvgIpc) is 3.34. The number of aromatic nitrogens is 3. The molecule has 0 bridgehead atoms. The zero-order valence-electron chi connectivity index (χ0n) is 15.2. The van der Waals surface area contributed by atoms with E-state index >= 15 is 0 Å². The number of benzene rings is 3. The van der Waals surface area contributed by atoms with Gasteiger partial charge < -0.3 is 4.42 Å². The van der Waals surface area contributed by atoms with Gasteiger partial charge in [0, 0.05) is 22.7 Å². The van der Waals surface area contributed by atoms with E-state index in [0.29, 0.717) is 11.0 Å². The lowest BCUT2D eigenvalue weighted by Gasteiger charge is -2.09. The fourth-order valence-electron chi connectivity index (χ4n) is 3.91. The Labute approximate surface area is 164 Å². The maximum Gasteiger partial charge on any atom is 0.256 e. The van der Waals surface area contributed by atoms with Gasteiger partial charge in [-0.05, 0) is 36.4 Å². The summed E-state index contributed by atoms with van der Waals surface area (Å²) in [5, 5.41) is 1.54. The minimum absolute atomic E-state index is 0.164. The molecule has 0 saturated heterocycles. The molecule has 0 N–H and O–H groups in total. The molecular weight excluding hydrogens is 365 g/mol. The Balaban J connectivity index is 1.75. The summed E-state index contributed by atoms with van der Waals surface area (Å²) in [6, 6.07) is 25.7. The van der Waals surface area contributed by atoms with Crippen LogP contribution in [0.2, 0.25) is 0 Å². The summed E-state index contributed by atoms with van der Waals surface area (Å²) in [6.45, 7) is 0. The molecule has 0 aliphatic heterocycles. The zero-order chi connectivity index (χ0) is 19.4. The van der Waals surface area contributed by atoms with Crippen molar-refractivity contribution in [2.75, 3.05) is 0 Å². The van der Waals surface area contributed by atoms with Crippen molar-refractivity contribution in [2.24, 2.45) is 0 Å². The Morgan fingerprint density at radius 3 is 2.45 bits per heavy atom. The van der Waals surface area contributed by atoms with Gasteiger partial charge in [-0.2, -0.15) is 4.39 Å². The first-order chi connectivity index (χ1) is 14.3. The second-order valence-electron chi connectivity index (χ2n) is 6.86. The van der Waals surface area contributed by atoms with Crippen LogP contribution in [0.3, 0.4) is 0 Å². The van der Waals surface area contributed by atoms with E-state index in [2.05, 4.69) is 9.55 Å². The highest BCUT2D eigenvalue weighted by Gasteiger charge is 2.20. The van der Waals surface area contributed by atoms with Crippen molar-refractivity contribution in [3.63, 3.8) is 0 Å². The van der Waals surface area contributed by atoms with E-state index in [4.69, 9.17) is 9.40 Å². The summed E-state index contributed by atoms with van der Waals surface area (Å²) < 4.78 is 22.3. The summed E-state index contributed by atoms with van der Waals surface area (Å²) in [5.74, 6) is 0.136. The minimum Gasteiger partial charge on any atom is -0.450 e. The monoisotopic (exact) mass is 379 g/mol. The number of nitrogens with zero attached hydrogens (tertiary/aromatic N) is 3. The topological polar surface area (TPSA) is 43.9 Å². The molecule has 138 valence electrons. The average molecular weight is 379 g/mol. The van der Waals surface area contributed by atoms with E-state index in [1.807, 2.05) is 72.8 Å². The Morgan fingerprint density at radius 2 is 1.55 bits per heavy atom. The SMILES string of the molecule is Fc1nccc2c1oc1c(-c3nc4ccccc4n3-c3ccccc3)cccc12. The standard InChI is InChI=1S/C24H14FN3O/c25-23-22-17(13-14-26-23)16-9-6-10-18(21(16)29-22)24-27-19-11-4-5-12-20(19)28(24)15-7-2-1-3-8-15/h1-14H. The van der Waals surface area contributed by atoms with Gasteiger partial charge in [0.15, 0.2) is 5.58 Å². The van der Waals surface area contributed by atoms with Crippen molar-refractivity contribution >= 4 is 33.0 Å². The van der Waals surface area contributed by atoms with E-state index < -0.39 is 5.95 Å². The van der Waals surface area contributed by atoms with Crippen LogP contribution in [0.25, 0.3) is 50.0 Å². The molecular formula is C24H14FN3O. The lowest BCUT2D eigenvalue weighted by atomic mass is 10.1. The lowest BCUT2D eigenvalue weighted by molar-refractivity contribution is 0.553. The Bertz CT molecular complexity index is 1520. The highest BCUT2D eigenvalue weighted by molar-refractivity contribution is 6.09. The van der Waals surface area contributed by atoms with Crippen LogP contribution in [0.15, 0.2) is 89.5 Å². The summed E-state index contributed by atoms with van der Waals surface area (Å²) in [5.41, 5.74) is 4.44. The van der Waals surface area contributed by atoms with Crippen LogP contribution in [0.4, 0.5) is 4.39 Å². The van der Waals surface area contributed by atoms with Gasteiger partial charge in [0.05, 0.1) is 16.6 Å². The molecule has 6 aromatic rings. The summed E-state index contributed by atoms with van der Waals surface area (Å²) in [7, 11) is 0. The van der Waals surface area contributed by atoms with E-state index in [9.17, 15) is 4.39 Å². The number of pyridine rings is 1. The summed E-state index contributed by atoms with van der Waals surface area (Å²) >= 11 is 0. The highest BCUT2D eigenvalue weighted by Crippen LogP contribution is 2.37. The minimum atomic E-state index is -0.610. The third kappa shape index (κ3) is 2.31. The number of furan rings is 1. The number of hydrogen-bond acceptors (Lipinski definition) is 3. The van der Waals surface area contributed by atoms with Crippen molar-refractivity contribution in [1.82, 2.24) is 14.5 Å². The molecule has 29 heavy (non-hydrogen) atoms. The van der Waals surface area contributed by atoms with E-state index in [1.165, 1.54) is 6.20 Å². The molecule has 0 radical (unpaired) electrons. The van der Waals surface area contributed by atoms with Crippen LogP contribution < -0.4 is 0 Å². The molecule has 0 aliphatic carbocycles. The second-order valence-corrected chi connectivity index (χ2v) is 6.86. The smallest absolute Gasteiger partial charge is 0.256 e. The second kappa shape index (κ2) is 6.01. The van der Waals surface area contributed by atoms with Crippen molar-refractivity contribution in [1.29, 1.82) is 0 Å². The number of para-hydroxylation sites is 4. The van der Waals surface area contributed by atoms with Crippen molar-refractivity contribution in [2.45, 2.75) is 0 Å². The molecule has 3 heterocycles. The maximum absolute atomic E-state index is 14.2. The van der Waals surface area contributed by atoms with E-state index in [0.717, 1.165) is 33.5 Å². The Morgan fingerprint density at radius 1 is 0.759 bits per heavy atom. The fraction of sp³-hybridized carbons (Fsp3) is 0. The van der Waals surface area contributed by atoms with Crippen molar-refractivity contribution in [3.05, 3.63) is 91.0 Å². The van der Waals surface area contributed by atoms with Crippen molar-refractivity contribution in [3.8, 4) is 17.1 Å². The van der Waals surface area contributed by atoms with Crippen LogP contribution in [0.5, 0.6) is 0 Å². The molecule has 4 nitrogen and oxygen atoms in total. The van der Waals surface area contributed by atoms with Gasteiger partial charge in [-0.1, -0.05) is 42.5 Å². The van der Waals surface area contributed by atoms with Gasteiger partial charge in [0.25, 0.3) is 5.95 Å². The molecule has 3 aromatic carbocycles. The van der Waals surface area contributed by atoms with E-state index in [-0.39, 0.29) is 5.58 Å². The molecule has 3 aromatic heterocycles. The molecule has 0 amide bonds. The first kappa shape index (κ1) is 16.0. The van der Waals surface area contributed by atoms with Crippen LogP contribution in [-0.4, -0.2) is 14.5 Å². The summed E-state index contributed by atoms with van der Waals surface area (Å²) in [4.78, 5) is 8.62. The van der Waals surface area contributed by atoms with Gasteiger partial charge in [0.2, 0.25) is 0 Å². The molecule has 0 unspecified atom stereocenters. The Hall–Kier alpha value is -3.99. The van der Waals surface area contributed by atoms with Crippen LogP contribution in [0.1, 0.15) is 0 Å². The predicted molar refractivity (Wildman–Crippen MR) is 112 cm³/mol. The largest absolute Gasteiger partial charge is 0.450 e. The molecule has 0 spiro atoms. The third-order valence-corrected chi connectivity index (χ3v) is 5.19. The quantitative estimate of drug-likeness (QED) is 0.340. The summed E-state index contributed by atoms with van der Waals surface area (Å²) in [6.07, 6.45) is 1.46. The first-order valence-electron chi connectivity index (χ1n) is 9.30. The van der Waals surface area contributed by atoms with Crippen LogP contribution in [-0.2, 0) is 0 Å². The van der Waals surface area contributed by atoms with Crippen LogP contribution >= 0.6 is 0 Å². The molecule has 6 rings (SSSR count). The lowest BCUT2D eigenvalue weighted by Crippen LogP contribution is -1.97. The molecule has 0 atom stereocenters. The normalized spacial score (nSPS) is 11.6. The predicted octanol–water partition coefficient (Wildman–Crippen LogP) is 6.13. The van der Waals surface area contributed by atoms with E-state index in [1.54, 1.807) is 6.07 Å². The number of halogens is 1. The molecule has 0 fully saturated rings. The maximum atomic E-state index is 14.2. The van der Waals surface area contributed by atoms with Gasteiger partial charge >= 0.3 is 0 Å². The van der Waals surface area contributed by atoms with Gasteiger partial charge in [0.1, 0.15) is 11.4 Å². The Kier molecular flexibility index (Phi) is 3.32.